The van der Waals surface area contributed by atoms with E-state index in [-0.39, 0.29) is 12.1 Å². The Kier molecular flexibility index (Phi) is 3.79. The first-order chi connectivity index (χ1) is 9.13. The topological polar surface area (TPSA) is 66.9 Å². The van der Waals surface area contributed by atoms with Gasteiger partial charge in [-0.1, -0.05) is 35.9 Å². The summed E-state index contributed by atoms with van der Waals surface area (Å²) in [5.41, 5.74) is 2.31. The number of rotatable bonds is 3. The van der Waals surface area contributed by atoms with Crippen LogP contribution in [0.5, 0.6) is 0 Å². The molecular weight excluding hydrogens is 264 g/mol. The van der Waals surface area contributed by atoms with Crippen LogP contribution in [-0.2, 0) is 6.42 Å². The molecule has 0 aliphatic carbocycles. The molecule has 0 heterocycles. The van der Waals surface area contributed by atoms with Gasteiger partial charge in [0.25, 0.3) is 5.69 Å². The quantitative estimate of drug-likeness (QED) is 0.627. The van der Waals surface area contributed by atoms with Crippen molar-refractivity contribution in [3.05, 3.63) is 63.2 Å². The van der Waals surface area contributed by atoms with Crippen molar-refractivity contribution in [3.63, 3.8) is 0 Å². The Morgan fingerprint density at radius 1 is 1.21 bits per heavy atom. The van der Waals surface area contributed by atoms with E-state index < -0.39 is 4.92 Å². The van der Waals surface area contributed by atoms with Gasteiger partial charge < -0.3 is 0 Å². The van der Waals surface area contributed by atoms with Crippen LogP contribution in [0.3, 0.4) is 0 Å². The van der Waals surface area contributed by atoms with E-state index in [1.54, 1.807) is 6.07 Å². The number of nitro benzene ring substituents is 1. The molecule has 0 N–H and O–H groups in total. The SMILES string of the molecule is N#CCc1ccccc1-c1ccc([N+](=O)[O-])cc1Cl. The summed E-state index contributed by atoms with van der Waals surface area (Å²) in [4.78, 5) is 10.2. The molecule has 19 heavy (non-hydrogen) atoms. The molecule has 0 spiro atoms. The van der Waals surface area contributed by atoms with Gasteiger partial charge in [-0.3, -0.25) is 10.1 Å². The third-order valence-corrected chi connectivity index (χ3v) is 3.05. The van der Waals surface area contributed by atoms with E-state index in [1.165, 1.54) is 12.1 Å². The molecule has 2 aromatic carbocycles. The first-order valence-corrected chi connectivity index (χ1v) is 5.90. The number of benzene rings is 2. The molecule has 2 aromatic rings. The first kappa shape index (κ1) is 13.1. The fourth-order valence-corrected chi connectivity index (χ4v) is 2.13. The molecule has 94 valence electrons. The molecule has 2 rings (SSSR count). The minimum Gasteiger partial charge on any atom is -0.258 e. The zero-order chi connectivity index (χ0) is 13.8. The Labute approximate surface area is 115 Å². The molecule has 0 bridgehead atoms. The van der Waals surface area contributed by atoms with E-state index in [0.29, 0.717) is 10.6 Å². The summed E-state index contributed by atoms with van der Waals surface area (Å²) in [5, 5.41) is 19.8. The number of hydrogen-bond acceptors (Lipinski definition) is 3. The summed E-state index contributed by atoms with van der Waals surface area (Å²) >= 11 is 6.09. The van der Waals surface area contributed by atoms with Gasteiger partial charge in [0.05, 0.1) is 22.4 Å². The highest BCUT2D eigenvalue weighted by molar-refractivity contribution is 6.33. The minimum absolute atomic E-state index is 0.0495. The van der Waals surface area contributed by atoms with Gasteiger partial charge in [-0.15, -0.1) is 0 Å². The Bertz CT molecular complexity index is 677. The molecule has 0 aliphatic rings. The minimum atomic E-state index is -0.489. The molecule has 0 fully saturated rings. The monoisotopic (exact) mass is 272 g/mol. The predicted octanol–water partition coefficient (Wildman–Crippen LogP) is 3.98. The van der Waals surface area contributed by atoms with Crippen LogP contribution < -0.4 is 0 Å². The molecular formula is C14H9ClN2O2. The number of nitrogens with zero attached hydrogens (tertiary/aromatic N) is 2. The van der Waals surface area contributed by atoms with Crippen LogP contribution in [0.25, 0.3) is 11.1 Å². The predicted molar refractivity (Wildman–Crippen MR) is 72.9 cm³/mol. The van der Waals surface area contributed by atoms with E-state index in [1.807, 2.05) is 24.3 Å². The smallest absolute Gasteiger partial charge is 0.258 e. The van der Waals surface area contributed by atoms with Crippen LogP contribution in [0.4, 0.5) is 5.69 Å². The molecule has 0 aliphatic heterocycles. The third kappa shape index (κ3) is 2.72. The van der Waals surface area contributed by atoms with E-state index >= 15 is 0 Å². The summed E-state index contributed by atoms with van der Waals surface area (Å²) in [6.45, 7) is 0. The highest BCUT2D eigenvalue weighted by Gasteiger charge is 2.12. The van der Waals surface area contributed by atoms with Crippen LogP contribution in [0.1, 0.15) is 5.56 Å². The van der Waals surface area contributed by atoms with Gasteiger partial charge in [-0.05, 0) is 17.2 Å². The zero-order valence-corrected chi connectivity index (χ0v) is 10.6. The van der Waals surface area contributed by atoms with Crippen molar-refractivity contribution in [1.82, 2.24) is 0 Å². The fourth-order valence-electron chi connectivity index (χ4n) is 1.86. The highest BCUT2D eigenvalue weighted by Crippen LogP contribution is 2.33. The van der Waals surface area contributed by atoms with Crippen molar-refractivity contribution >= 4 is 17.3 Å². The Hall–Kier alpha value is -2.38. The summed E-state index contributed by atoms with van der Waals surface area (Å²) in [5.74, 6) is 0. The summed E-state index contributed by atoms with van der Waals surface area (Å²) in [7, 11) is 0. The van der Waals surface area contributed by atoms with Crippen LogP contribution in [0.2, 0.25) is 5.02 Å². The Balaban J connectivity index is 2.54. The zero-order valence-electron chi connectivity index (χ0n) is 9.84. The lowest BCUT2D eigenvalue weighted by molar-refractivity contribution is -0.384. The number of hydrogen-bond donors (Lipinski definition) is 0. The fraction of sp³-hybridized carbons (Fsp3) is 0.0714. The van der Waals surface area contributed by atoms with Gasteiger partial charge in [-0.2, -0.15) is 5.26 Å². The molecule has 0 saturated heterocycles. The molecule has 4 nitrogen and oxygen atoms in total. The van der Waals surface area contributed by atoms with Gasteiger partial charge >= 0.3 is 0 Å². The summed E-state index contributed by atoms with van der Waals surface area (Å²) in [6, 6.07) is 13.8. The lowest BCUT2D eigenvalue weighted by atomic mass is 9.98. The van der Waals surface area contributed by atoms with Crippen molar-refractivity contribution in [2.45, 2.75) is 6.42 Å². The lowest BCUT2D eigenvalue weighted by Crippen LogP contribution is -1.91. The Morgan fingerprint density at radius 3 is 2.58 bits per heavy atom. The first-order valence-electron chi connectivity index (χ1n) is 5.52. The summed E-state index contributed by atoms with van der Waals surface area (Å²) < 4.78 is 0. The van der Waals surface area contributed by atoms with E-state index in [4.69, 9.17) is 16.9 Å². The molecule has 0 radical (unpaired) electrons. The second-order valence-electron chi connectivity index (χ2n) is 3.91. The molecule has 0 aromatic heterocycles. The second kappa shape index (κ2) is 5.51. The maximum absolute atomic E-state index is 10.7. The standard InChI is InChI=1S/C14H9ClN2O2/c15-14-9-11(17(18)19)5-6-13(14)12-4-2-1-3-10(12)7-8-16/h1-6,9H,7H2. The number of non-ortho nitro benzene ring substituents is 1. The normalized spacial score (nSPS) is 9.89. The Morgan fingerprint density at radius 2 is 1.95 bits per heavy atom. The van der Waals surface area contributed by atoms with Crippen molar-refractivity contribution in [2.24, 2.45) is 0 Å². The van der Waals surface area contributed by atoms with Crippen LogP contribution in [-0.4, -0.2) is 4.92 Å². The maximum atomic E-state index is 10.7. The number of nitro groups is 1. The van der Waals surface area contributed by atoms with Crippen LogP contribution in [0.15, 0.2) is 42.5 Å². The lowest BCUT2D eigenvalue weighted by Gasteiger charge is -2.08. The molecule has 0 saturated carbocycles. The molecule has 0 atom stereocenters. The van der Waals surface area contributed by atoms with Crippen molar-refractivity contribution in [3.8, 4) is 17.2 Å². The number of halogens is 1. The van der Waals surface area contributed by atoms with Crippen molar-refractivity contribution in [2.75, 3.05) is 0 Å². The van der Waals surface area contributed by atoms with Crippen molar-refractivity contribution < 1.29 is 4.92 Å². The summed E-state index contributed by atoms with van der Waals surface area (Å²) in [6.07, 6.45) is 0.267. The second-order valence-corrected chi connectivity index (χ2v) is 4.32. The number of nitriles is 1. The highest BCUT2D eigenvalue weighted by atomic mass is 35.5. The average molecular weight is 273 g/mol. The van der Waals surface area contributed by atoms with Crippen molar-refractivity contribution in [1.29, 1.82) is 5.26 Å². The van der Waals surface area contributed by atoms with Crippen LogP contribution in [0, 0.1) is 21.4 Å². The molecule has 0 amide bonds. The van der Waals surface area contributed by atoms with Gasteiger partial charge in [0.2, 0.25) is 0 Å². The largest absolute Gasteiger partial charge is 0.270 e. The third-order valence-electron chi connectivity index (χ3n) is 2.74. The van der Waals surface area contributed by atoms with E-state index in [0.717, 1.165) is 11.1 Å². The van der Waals surface area contributed by atoms with Crippen LogP contribution >= 0.6 is 11.6 Å². The molecule has 5 heteroatoms. The average Bonchev–Trinajstić information content (AvgIpc) is 2.40. The molecule has 0 unspecified atom stereocenters. The van der Waals surface area contributed by atoms with Gasteiger partial charge in [0, 0.05) is 17.7 Å². The van der Waals surface area contributed by atoms with E-state index in [2.05, 4.69) is 6.07 Å². The van der Waals surface area contributed by atoms with Gasteiger partial charge in [-0.25, -0.2) is 0 Å². The van der Waals surface area contributed by atoms with Gasteiger partial charge in [0.1, 0.15) is 0 Å². The van der Waals surface area contributed by atoms with Gasteiger partial charge in [0.15, 0.2) is 0 Å². The maximum Gasteiger partial charge on any atom is 0.270 e. The van der Waals surface area contributed by atoms with E-state index in [9.17, 15) is 10.1 Å².